The molecule has 0 aliphatic carbocycles. The zero-order valence-electron chi connectivity index (χ0n) is 19.7. The highest BCUT2D eigenvalue weighted by atomic mass is 35.5. The lowest BCUT2D eigenvalue weighted by Gasteiger charge is -2.29. The number of nitrogens with one attached hydrogen (secondary N) is 1. The Bertz CT molecular complexity index is 1530. The number of fused-ring (bicyclic) bond motifs is 6. The molecule has 1 N–H and O–H groups in total. The first-order valence-corrected chi connectivity index (χ1v) is 13.0. The van der Waals surface area contributed by atoms with Crippen LogP contribution in [0, 0.1) is 5.92 Å². The van der Waals surface area contributed by atoms with Crippen molar-refractivity contribution < 1.29 is 9.47 Å². The fourth-order valence-corrected chi connectivity index (χ4v) is 6.73. The topological polar surface area (TPSA) is 89.5 Å². The molecule has 1 saturated heterocycles. The largest absolute Gasteiger partial charge is 0.496 e. The SMILES string of the molecule is COc1cccc2c1[C@@H]1CN(CCCCn3c(=O)[nH]c4c(sc5nc(Cl)ccc54)c3=O)C[C@@H]1CO2.Cl. The van der Waals surface area contributed by atoms with E-state index in [1.54, 1.807) is 19.2 Å². The molecule has 190 valence electrons. The van der Waals surface area contributed by atoms with Gasteiger partial charge >= 0.3 is 5.69 Å². The molecule has 6 rings (SSSR count). The zero-order chi connectivity index (χ0) is 24.1. The first kappa shape index (κ1) is 25.1. The number of hydrogen-bond donors (Lipinski definition) is 1. The van der Waals surface area contributed by atoms with Crippen LogP contribution < -0.4 is 20.7 Å². The van der Waals surface area contributed by atoms with Crippen molar-refractivity contribution in [3.05, 3.63) is 61.9 Å². The molecule has 0 spiro atoms. The van der Waals surface area contributed by atoms with Crippen molar-refractivity contribution in [1.82, 2.24) is 19.4 Å². The second-order valence-corrected chi connectivity index (χ2v) is 10.6. The van der Waals surface area contributed by atoms with Crippen molar-refractivity contribution in [2.75, 3.05) is 33.4 Å². The lowest BCUT2D eigenvalue weighted by Crippen LogP contribution is -2.34. The van der Waals surface area contributed by atoms with E-state index < -0.39 is 0 Å². The van der Waals surface area contributed by atoms with E-state index in [1.165, 1.54) is 21.5 Å². The van der Waals surface area contributed by atoms with Crippen LogP contribution in [-0.4, -0.2) is 52.8 Å². The van der Waals surface area contributed by atoms with Gasteiger partial charge in [0.2, 0.25) is 0 Å². The summed E-state index contributed by atoms with van der Waals surface area (Å²) in [6.07, 6.45) is 1.64. The third-order valence-corrected chi connectivity index (χ3v) is 8.43. The molecule has 1 aromatic carbocycles. The molecule has 1 fully saturated rings. The number of halogens is 2. The highest BCUT2D eigenvalue weighted by molar-refractivity contribution is 7.25. The van der Waals surface area contributed by atoms with Gasteiger partial charge in [-0.15, -0.1) is 23.7 Å². The van der Waals surface area contributed by atoms with Gasteiger partial charge < -0.3 is 19.4 Å². The number of nitrogens with zero attached hydrogens (tertiary/aromatic N) is 3. The average molecular weight is 549 g/mol. The maximum absolute atomic E-state index is 13.1. The Kier molecular flexibility index (Phi) is 7.00. The van der Waals surface area contributed by atoms with Crippen LogP contribution in [0.1, 0.15) is 24.3 Å². The number of likely N-dealkylation sites (tertiary alicyclic amines) is 1. The van der Waals surface area contributed by atoms with Crippen LogP contribution in [0.5, 0.6) is 11.5 Å². The summed E-state index contributed by atoms with van der Waals surface area (Å²) in [6, 6.07) is 9.44. The Morgan fingerprint density at radius 3 is 2.86 bits per heavy atom. The van der Waals surface area contributed by atoms with Crippen molar-refractivity contribution in [3.63, 3.8) is 0 Å². The van der Waals surface area contributed by atoms with Crippen LogP contribution in [0.2, 0.25) is 5.15 Å². The number of H-pyrrole nitrogens is 1. The number of hydrogen-bond acceptors (Lipinski definition) is 7. The van der Waals surface area contributed by atoms with Gasteiger partial charge in [-0.2, -0.15) is 0 Å². The van der Waals surface area contributed by atoms with Gasteiger partial charge in [0.05, 0.1) is 19.2 Å². The fourth-order valence-electron chi connectivity index (χ4n) is 5.46. The summed E-state index contributed by atoms with van der Waals surface area (Å²) in [5.74, 6) is 2.67. The molecule has 5 heterocycles. The van der Waals surface area contributed by atoms with Crippen molar-refractivity contribution >= 4 is 55.8 Å². The Balaban J connectivity index is 0.00000267. The molecule has 4 aromatic rings. The Labute approximate surface area is 222 Å². The van der Waals surface area contributed by atoms with Gasteiger partial charge in [0, 0.05) is 42.4 Å². The third kappa shape index (κ3) is 4.28. The van der Waals surface area contributed by atoms with Gasteiger partial charge in [-0.25, -0.2) is 9.78 Å². The Morgan fingerprint density at radius 1 is 1.19 bits per heavy atom. The monoisotopic (exact) mass is 548 g/mol. The molecule has 2 aliphatic heterocycles. The van der Waals surface area contributed by atoms with E-state index in [0.29, 0.717) is 38.6 Å². The predicted molar refractivity (Wildman–Crippen MR) is 145 cm³/mol. The number of rotatable bonds is 6. The number of ether oxygens (including phenoxy) is 2. The Morgan fingerprint density at radius 2 is 2.03 bits per heavy atom. The molecule has 8 nitrogen and oxygen atoms in total. The number of methoxy groups -OCH3 is 1. The van der Waals surface area contributed by atoms with E-state index in [0.717, 1.165) is 56.0 Å². The molecule has 0 saturated carbocycles. The van der Waals surface area contributed by atoms with Crippen LogP contribution in [0.4, 0.5) is 0 Å². The first-order chi connectivity index (χ1) is 17.0. The summed E-state index contributed by atoms with van der Waals surface area (Å²) < 4.78 is 13.4. The number of benzene rings is 1. The number of aromatic nitrogens is 3. The average Bonchev–Trinajstić information content (AvgIpc) is 3.43. The highest BCUT2D eigenvalue weighted by Gasteiger charge is 2.40. The second-order valence-electron chi connectivity index (χ2n) is 9.20. The quantitative estimate of drug-likeness (QED) is 0.286. The van der Waals surface area contributed by atoms with E-state index in [9.17, 15) is 9.59 Å². The molecular weight excluding hydrogens is 523 g/mol. The minimum absolute atomic E-state index is 0. The highest BCUT2D eigenvalue weighted by Crippen LogP contribution is 2.46. The molecule has 3 aromatic heterocycles. The van der Waals surface area contributed by atoms with E-state index in [1.807, 2.05) is 18.2 Å². The molecule has 0 amide bonds. The van der Waals surface area contributed by atoms with Crippen LogP contribution in [0.25, 0.3) is 20.4 Å². The van der Waals surface area contributed by atoms with Crippen molar-refractivity contribution in [1.29, 1.82) is 0 Å². The zero-order valence-corrected chi connectivity index (χ0v) is 22.0. The van der Waals surface area contributed by atoms with Gasteiger partial charge in [0.25, 0.3) is 5.56 Å². The van der Waals surface area contributed by atoms with E-state index in [2.05, 4.69) is 14.9 Å². The van der Waals surface area contributed by atoms with E-state index in [4.69, 9.17) is 21.1 Å². The molecule has 11 heteroatoms. The molecule has 36 heavy (non-hydrogen) atoms. The third-order valence-electron chi connectivity index (χ3n) is 7.13. The molecule has 0 radical (unpaired) electrons. The van der Waals surface area contributed by atoms with Gasteiger partial charge in [0.1, 0.15) is 26.2 Å². The normalized spacial score (nSPS) is 19.1. The molecule has 0 unspecified atom stereocenters. The molecule has 0 bridgehead atoms. The minimum Gasteiger partial charge on any atom is -0.496 e. The number of pyridine rings is 1. The van der Waals surface area contributed by atoms with E-state index in [-0.39, 0.29) is 23.7 Å². The fraction of sp³-hybridized carbons (Fsp3) is 0.400. The Hall–Kier alpha value is -2.59. The summed E-state index contributed by atoms with van der Waals surface area (Å²) in [7, 11) is 1.71. The lowest BCUT2D eigenvalue weighted by molar-refractivity contribution is 0.209. The standard InChI is InChI=1S/C25H25ClN4O4S.ClH/c1-33-17-5-4-6-18-20(17)16-12-29(11-14(16)13-34-18)9-2-3-10-30-24(31)22-21(28-25(30)32)15-7-8-19(26)27-23(15)35-22;/h4-8,14,16H,2-3,9-13H2,1H3,(H,28,32);1H/t14-,16-;/m1./s1. The second kappa shape index (κ2) is 10.0. The minimum atomic E-state index is -0.384. The van der Waals surface area contributed by atoms with E-state index >= 15 is 0 Å². The van der Waals surface area contributed by atoms with Gasteiger partial charge in [-0.3, -0.25) is 9.36 Å². The van der Waals surface area contributed by atoms with Gasteiger partial charge in [-0.05, 0) is 43.7 Å². The van der Waals surface area contributed by atoms with Gasteiger partial charge in [-0.1, -0.05) is 17.7 Å². The predicted octanol–water partition coefficient (Wildman–Crippen LogP) is 4.27. The lowest BCUT2D eigenvalue weighted by atomic mass is 9.86. The summed E-state index contributed by atoms with van der Waals surface area (Å²) in [5, 5.41) is 1.11. The molecule has 2 atom stereocenters. The van der Waals surface area contributed by atoms with Crippen LogP contribution >= 0.6 is 35.3 Å². The molecular formula is C25H26Cl2N4O4S. The van der Waals surface area contributed by atoms with Crippen LogP contribution in [0.15, 0.2) is 39.9 Å². The number of thiophene rings is 1. The maximum atomic E-state index is 13.1. The summed E-state index contributed by atoms with van der Waals surface area (Å²) in [6.45, 7) is 3.96. The summed E-state index contributed by atoms with van der Waals surface area (Å²) in [5.41, 5.74) is 1.07. The number of aromatic amines is 1. The van der Waals surface area contributed by atoms with Crippen LogP contribution in [0.3, 0.4) is 0 Å². The van der Waals surface area contributed by atoms with Crippen molar-refractivity contribution in [2.45, 2.75) is 25.3 Å². The smallest absolute Gasteiger partial charge is 0.328 e. The first-order valence-electron chi connectivity index (χ1n) is 11.8. The van der Waals surface area contributed by atoms with Gasteiger partial charge in [0.15, 0.2) is 0 Å². The summed E-state index contributed by atoms with van der Waals surface area (Å²) in [4.78, 5) is 36.0. The number of unbranched alkanes of at least 4 members (excludes halogenated alkanes) is 1. The maximum Gasteiger partial charge on any atom is 0.328 e. The van der Waals surface area contributed by atoms with Crippen molar-refractivity contribution in [2.24, 2.45) is 5.92 Å². The van der Waals surface area contributed by atoms with Crippen LogP contribution in [-0.2, 0) is 6.54 Å². The van der Waals surface area contributed by atoms with Crippen molar-refractivity contribution in [3.8, 4) is 11.5 Å². The molecule has 2 aliphatic rings. The summed E-state index contributed by atoms with van der Waals surface area (Å²) >= 11 is 7.25.